The molecule has 1 aliphatic heterocycles. The number of nitrogens with zero attached hydrogens (tertiary/aromatic N) is 6. The van der Waals surface area contributed by atoms with E-state index in [9.17, 15) is 29.1 Å². The van der Waals surface area contributed by atoms with Gasteiger partial charge in [0.25, 0.3) is 0 Å². The van der Waals surface area contributed by atoms with E-state index in [4.69, 9.17) is 50.2 Å². The Labute approximate surface area is 453 Å². The van der Waals surface area contributed by atoms with Crippen LogP contribution in [0.3, 0.4) is 0 Å². The standard InChI is InChI=1S/C29H30N6O6.C20H25ClN2O5.C6H5NO2/c1-5-8-23-30-25(29(3,4)38)24(27(36)39-16-22-17(2)40-28(37)41-22)35(23)15-18-11-13-19(14-12-18)20-9-6-7-10-21(20)26-31-33-34-32-26;1-4-28-20(25)18-15(11-27-10-9-22)23-12(2)16(19(24)26-3)17(18)13-7-5-6-8-14(13)21;8-6(9)5-2-1-3-7-4-5/h6-7,9-14,38H,5,8,15-16H2,1-4H3,(H,31,32,33,34);5-8,17,23H,4,9-11,22H2,1-3H3;1-4H,(H,8,9)/t;17-;/m.0./s1. The number of dihydropyridines is 1. The number of halogens is 1. The van der Waals surface area contributed by atoms with Crippen molar-refractivity contribution >= 4 is 35.5 Å². The van der Waals surface area contributed by atoms with E-state index in [0.717, 1.165) is 28.7 Å². The Kier molecular flexibility index (Phi) is 20.7. The van der Waals surface area contributed by atoms with Crippen molar-refractivity contribution < 1.29 is 57.2 Å². The number of aromatic amines is 1. The van der Waals surface area contributed by atoms with E-state index in [1.807, 2.05) is 55.5 Å². The first-order valence-corrected chi connectivity index (χ1v) is 24.9. The van der Waals surface area contributed by atoms with Crippen molar-refractivity contribution in [3.63, 3.8) is 0 Å². The molecule has 23 heteroatoms. The molecule has 6 N–H and O–H groups in total. The smallest absolute Gasteiger partial charge is 0.478 e. The van der Waals surface area contributed by atoms with Crippen LogP contribution >= 0.6 is 11.6 Å². The molecule has 0 unspecified atom stereocenters. The summed E-state index contributed by atoms with van der Waals surface area (Å²) in [5.74, 6) is -2.89. The average Bonchev–Trinajstić information content (AvgIpc) is 4.18. The molecule has 3 aromatic carbocycles. The third kappa shape index (κ3) is 14.7. The van der Waals surface area contributed by atoms with Gasteiger partial charge in [-0.3, -0.25) is 4.98 Å². The zero-order chi connectivity index (χ0) is 56.5. The fraction of sp³-hybridized carbons (Fsp3) is 0.309. The number of H-pyrrole nitrogens is 1. The summed E-state index contributed by atoms with van der Waals surface area (Å²) in [6.07, 6.45) is 4.21. The lowest BCUT2D eigenvalue weighted by molar-refractivity contribution is -0.139. The number of aryl methyl sites for hydroxylation is 2. The van der Waals surface area contributed by atoms with Crippen LogP contribution in [-0.2, 0) is 53.7 Å². The van der Waals surface area contributed by atoms with Gasteiger partial charge in [0, 0.05) is 48.2 Å². The van der Waals surface area contributed by atoms with Crippen LogP contribution in [0.2, 0.25) is 5.02 Å². The van der Waals surface area contributed by atoms with Gasteiger partial charge in [-0.15, -0.1) is 10.2 Å². The number of esters is 3. The molecule has 0 fully saturated rings. The van der Waals surface area contributed by atoms with E-state index in [1.165, 1.54) is 25.6 Å². The highest BCUT2D eigenvalue weighted by Crippen LogP contribution is 2.42. The van der Waals surface area contributed by atoms with Gasteiger partial charge < -0.3 is 53.6 Å². The summed E-state index contributed by atoms with van der Waals surface area (Å²) in [6, 6.07) is 25.8. The Morgan fingerprint density at radius 1 is 0.885 bits per heavy atom. The van der Waals surface area contributed by atoms with Crippen LogP contribution in [0, 0.1) is 6.92 Å². The number of methoxy groups -OCH3 is 1. The van der Waals surface area contributed by atoms with E-state index in [-0.39, 0.29) is 53.9 Å². The maximum Gasteiger partial charge on any atom is 0.519 e. The fourth-order valence-electron chi connectivity index (χ4n) is 8.21. The highest BCUT2D eigenvalue weighted by atomic mass is 35.5. The summed E-state index contributed by atoms with van der Waals surface area (Å²) in [5.41, 5.74) is 10.5. The van der Waals surface area contributed by atoms with Crippen LogP contribution in [-0.4, -0.2) is 103 Å². The SMILES string of the molecule is CCCc1nc(C(C)(C)O)c(C(=O)OCc2oc(=O)oc2C)n1Cc1ccc(-c2ccccc2-c2nn[nH]n2)cc1.CCOC(=O)C1=C(COCCN)NC(C)=C(C(=O)OC)[C@@H]1c1ccccc1Cl.O=C(O)c1cccnc1. The number of aromatic nitrogens is 7. The molecule has 22 nitrogen and oxygen atoms in total. The molecule has 0 saturated heterocycles. The van der Waals surface area contributed by atoms with E-state index >= 15 is 0 Å². The molecular weight excluding hydrogens is 1030 g/mol. The molecule has 0 bridgehead atoms. The first-order valence-electron chi connectivity index (χ1n) is 24.5. The zero-order valence-corrected chi connectivity index (χ0v) is 44.8. The number of imidazole rings is 1. The average molecular weight is 1090 g/mol. The quantitative estimate of drug-likeness (QED) is 0.0303. The van der Waals surface area contributed by atoms with Gasteiger partial charge in [-0.2, -0.15) is 5.21 Å². The van der Waals surface area contributed by atoms with Gasteiger partial charge >= 0.3 is 29.7 Å². The van der Waals surface area contributed by atoms with Gasteiger partial charge in [0.05, 0.1) is 55.3 Å². The van der Waals surface area contributed by atoms with E-state index in [1.54, 1.807) is 69.5 Å². The number of hydrogen-bond acceptors (Lipinski definition) is 19. The summed E-state index contributed by atoms with van der Waals surface area (Å²) in [7, 11) is 1.29. The lowest BCUT2D eigenvalue weighted by Gasteiger charge is -2.31. The molecule has 1 atom stereocenters. The van der Waals surface area contributed by atoms with Crippen molar-refractivity contribution in [2.45, 2.75) is 79.1 Å². The van der Waals surface area contributed by atoms with Crippen LogP contribution < -0.4 is 16.9 Å². The Hall–Kier alpha value is -8.57. The van der Waals surface area contributed by atoms with Gasteiger partial charge in [0.2, 0.25) is 5.82 Å². The summed E-state index contributed by atoms with van der Waals surface area (Å²) in [5, 5.41) is 37.2. The van der Waals surface area contributed by atoms with Crippen molar-refractivity contribution in [1.82, 2.24) is 40.5 Å². The number of tetrazole rings is 1. The molecule has 0 amide bonds. The van der Waals surface area contributed by atoms with Crippen molar-refractivity contribution in [2.24, 2.45) is 5.73 Å². The van der Waals surface area contributed by atoms with Crippen LogP contribution in [0.15, 0.2) is 133 Å². The maximum absolute atomic E-state index is 13.5. The molecule has 1 aliphatic rings. The Bertz CT molecular complexity index is 3310. The molecule has 0 saturated carbocycles. The maximum atomic E-state index is 13.5. The Morgan fingerprint density at radius 3 is 2.18 bits per heavy atom. The lowest BCUT2D eigenvalue weighted by Crippen LogP contribution is -2.35. The third-order valence-corrected chi connectivity index (χ3v) is 12.1. The second-order valence-electron chi connectivity index (χ2n) is 17.7. The first-order chi connectivity index (χ1) is 37.4. The number of pyridine rings is 1. The number of nitrogens with two attached hydrogens (primary N) is 1. The van der Waals surface area contributed by atoms with Crippen LogP contribution in [0.4, 0.5) is 0 Å². The largest absolute Gasteiger partial charge is 0.519 e. The van der Waals surface area contributed by atoms with Gasteiger partial charge in [-0.25, -0.2) is 29.0 Å². The minimum absolute atomic E-state index is 0.109. The predicted molar refractivity (Wildman–Crippen MR) is 283 cm³/mol. The zero-order valence-electron chi connectivity index (χ0n) is 44.0. The lowest BCUT2D eigenvalue weighted by atomic mass is 9.80. The van der Waals surface area contributed by atoms with Crippen molar-refractivity contribution in [1.29, 1.82) is 0 Å². The Balaban J connectivity index is 0.000000228. The van der Waals surface area contributed by atoms with E-state index in [2.05, 4.69) is 35.9 Å². The number of carboxylic acid groups (broad SMARTS) is 1. The number of allylic oxidation sites excluding steroid dienone is 1. The second kappa shape index (κ2) is 27.5. The molecule has 0 aliphatic carbocycles. The van der Waals surface area contributed by atoms with Gasteiger partial charge in [0.15, 0.2) is 23.8 Å². The molecule has 4 aromatic heterocycles. The molecule has 0 radical (unpaired) electrons. The highest BCUT2D eigenvalue weighted by molar-refractivity contribution is 6.31. The highest BCUT2D eigenvalue weighted by Gasteiger charge is 2.40. The van der Waals surface area contributed by atoms with E-state index < -0.39 is 41.2 Å². The number of hydrogen-bond donors (Lipinski definition) is 5. The summed E-state index contributed by atoms with van der Waals surface area (Å²) in [6.45, 7) is 11.1. The predicted octanol–water partition coefficient (Wildman–Crippen LogP) is 7.22. The number of carbonyl (C=O) groups is 4. The van der Waals surface area contributed by atoms with Crippen molar-refractivity contribution in [3.8, 4) is 22.5 Å². The van der Waals surface area contributed by atoms with E-state index in [0.29, 0.717) is 65.3 Å². The minimum atomic E-state index is -1.41. The Morgan fingerprint density at radius 2 is 1.60 bits per heavy atom. The van der Waals surface area contributed by atoms with Crippen LogP contribution in [0.5, 0.6) is 0 Å². The first kappa shape index (κ1) is 58.7. The summed E-state index contributed by atoms with van der Waals surface area (Å²) < 4.78 is 32.9. The second-order valence-corrected chi connectivity index (χ2v) is 18.1. The van der Waals surface area contributed by atoms with Gasteiger partial charge in [0.1, 0.15) is 17.1 Å². The van der Waals surface area contributed by atoms with Gasteiger partial charge in [-0.1, -0.05) is 85.3 Å². The number of ether oxygens (including phenoxy) is 4. The fourth-order valence-corrected chi connectivity index (χ4v) is 8.45. The molecular formula is C55H60ClN9O13. The summed E-state index contributed by atoms with van der Waals surface area (Å²) in [4.78, 5) is 68.8. The number of nitrogens with one attached hydrogen (secondary N) is 2. The number of aromatic carboxylic acids is 1. The number of aliphatic hydroxyl groups is 1. The molecule has 410 valence electrons. The van der Waals surface area contributed by atoms with Gasteiger partial charge in [-0.05, 0) is 86.7 Å². The molecule has 8 rings (SSSR count). The molecule has 7 aromatic rings. The van der Waals surface area contributed by atoms with Crippen molar-refractivity contribution in [2.75, 3.05) is 33.5 Å². The topological polar surface area (TPSA) is 312 Å². The minimum Gasteiger partial charge on any atom is -0.478 e. The normalized spacial score (nSPS) is 13.1. The van der Waals surface area contributed by atoms with Crippen LogP contribution in [0.1, 0.15) is 102 Å². The number of rotatable bonds is 19. The molecule has 5 heterocycles. The number of benzene rings is 3. The van der Waals surface area contributed by atoms with Crippen LogP contribution in [0.25, 0.3) is 22.5 Å². The summed E-state index contributed by atoms with van der Waals surface area (Å²) >= 11 is 6.42. The third-order valence-electron chi connectivity index (χ3n) is 11.8. The van der Waals surface area contributed by atoms with Crippen molar-refractivity contribution in [3.05, 3.63) is 181 Å². The number of carbonyl (C=O) groups excluding carboxylic acids is 3. The monoisotopic (exact) mass is 1090 g/mol. The number of carboxylic acids is 1. The molecule has 78 heavy (non-hydrogen) atoms. The molecule has 0 spiro atoms.